The average molecular weight is 461 g/mol. The van der Waals surface area contributed by atoms with Crippen molar-refractivity contribution in [2.24, 2.45) is 0 Å². The van der Waals surface area contributed by atoms with Gasteiger partial charge < -0.3 is 4.74 Å². The maximum absolute atomic E-state index is 6.44. The van der Waals surface area contributed by atoms with Gasteiger partial charge in [-0.15, -0.1) is 0 Å². The second-order valence-corrected chi connectivity index (χ2v) is 10.5. The van der Waals surface area contributed by atoms with E-state index in [0.717, 1.165) is 11.5 Å². The van der Waals surface area contributed by atoms with Gasteiger partial charge in [-0.05, 0) is 73.3 Å². The molecule has 0 atom stereocenters. The lowest BCUT2D eigenvalue weighted by molar-refractivity contribution is 0.487. The zero-order valence-electron chi connectivity index (χ0n) is 20.3. The molecule has 0 N–H and O–H groups in total. The SMILES string of the molecule is CC1(C)c2cc(-c3cccc4c3-c3cccc5cccc(c35)O4)ccc2-c2c1ccc1ccccc21. The van der Waals surface area contributed by atoms with E-state index in [1.807, 2.05) is 0 Å². The van der Waals surface area contributed by atoms with Crippen LogP contribution in [0, 0.1) is 0 Å². The van der Waals surface area contributed by atoms with Crippen LogP contribution in [-0.2, 0) is 5.41 Å². The lowest BCUT2D eigenvalue weighted by Gasteiger charge is -2.25. The van der Waals surface area contributed by atoms with Crippen molar-refractivity contribution in [2.75, 3.05) is 0 Å². The van der Waals surface area contributed by atoms with Crippen LogP contribution in [0.1, 0.15) is 25.0 Å². The molecule has 1 heteroatoms. The van der Waals surface area contributed by atoms with Gasteiger partial charge in [0.05, 0.1) is 0 Å². The molecule has 0 saturated heterocycles. The molecule has 2 aliphatic rings. The Morgan fingerprint density at radius 2 is 1.28 bits per heavy atom. The van der Waals surface area contributed by atoms with Gasteiger partial charge in [0.15, 0.2) is 0 Å². The zero-order valence-corrected chi connectivity index (χ0v) is 20.3. The van der Waals surface area contributed by atoms with Crippen molar-refractivity contribution < 1.29 is 4.74 Å². The van der Waals surface area contributed by atoms with Gasteiger partial charge in [-0.3, -0.25) is 0 Å². The van der Waals surface area contributed by atoms with E-state index >= 15 is 0 Å². The summed E-state index contributed by atoms with van der Waals surface area (Å²) in [6.45, 7) is 4.72. The predicted molar refractivity (Wildman–Crippen MR) is 150 cm³/mol. The largest absolute Gasteiger partial charge is 0.456 e. The molecular formula is C35H24O. The van der Waals surface area contributed by atoms with Crippen LogP contribution < -0.4 is 4.74 Å². The summed E-state index contributed by atoms with van der Waals surface area (Å²) in [6.07, 6.45) is 0. The van der Waals surface area contributed by atoms with Crippen molar-refractivity contribution in [1.29, 1.82) is 0 Å². The van der Waals surface area contributed by atoms with Gasteiger partial charge >= 0.3 is 0 Å². The van der Waals surface area contributed by atoms with Gasteiger partial charge in [-0.2, -0.15) is 0 Å². The number of benzene rings is 6. The highest BCUT2D eigenvalue weighted by molar-refractivity contribution is 6.08. The molecule has 170 valence electrons. The standard InChI is InChI=1S/C35H24O/c1-35(2)28-19-17-21-8-3-4-11-24(21)33(28)26-18-16-23(20-29(26)35)25-12-7-15-31-34(25)27-13-5-9-22-10-6-14-30(36-31)32(22)27/h3-20H,1-2H3. The third-order valence-electron chi connectivity index (χ3n) is 8.26. The van der Waals surface area contributed by atoms with Crippen LogP contribution in [0.15, 0.2) is 109 Å². The van der Waals surface area contributed by atoms with Crippen molar-refractivity contribution in [2.45, 2.75) is 19.3 Å². The van der Waals surface area contributed by atoms with Gasteiger partial charge in [0.1, 0.15) is 11.5 Å². The highest BCUT2D eigenvalue weighted by Gasteiger charge is 2.37. The maximum Gasteiger partial charge on any atom is 0.135 e. The average Bonchev–Trinajstić information content (AvgIpc) is 3.15. The van der Waals surface area contributed by atoms with E-state index in [-0.39, 0.29) is 5.41 Å². The van der Waals surface area contributed by atoms with Gasteiger partial charge in [-0.25, -0.2) is 0 Å². The lowest BCUT2D eigenvalue weighted by Crippen LogP contribution is -2.15. The summed E-state index contributed by atoms with van der Waals surface area (Å²) in [7, 11) is 0. The van der Waals surface area contributed by atoms with E-state index in [1.165, 1.54) is 66.1 Å². The Bertz CT molecular complexity index is 1880. The Hall–Kier alpha value is -4.36. The third kappa shape index (κ3) is 2.50. The molecule has 0 saturated carbocycles. The van der Waals surface area contributed by atoms with E-state index in [2.05, 4.69) is 123 Å². The Morgan fingerprint density at radius 1 is 0.528 bits per heavy atom. The number of rotatable bonds is 1. The molecule has 0 radical (unpaired) electrons. The van der Waals surface area contributed by atoms with E-state index in [4.69, 9.17) is 4.74 Å². The summed E-state index contributed by atoms with van der Waals surface area (Å²) in [4.78, 5) is 0. The molecule has 0 bridgehead atoms. The van der Waals surface area contributed by atoms with Gasteiger partial charge in [0, 0.05) is 16.4 Å². The molecule has 0 aromatic heterocycles. The molecular weight excluding hydrogens is 436 g/mol. The number of ether oxygens (including phenoxy) is 1. The molecule has 0 fully saturated rings. The first-order valence-electron chi connectivity index (χ1n) is 12.6. The highest BCUT2D eigenvalue weighted by Crippen LogP contribution is 2.54. The Morgan fingerprint density at radius 3 is 2.19 bits per heavy atom. The predicted octanol–water partition coefficient (Wildman–Crippen LogP) is 9.74. The molecule has 1 nitrogen and oxygen atoms in total. The minimum atomic E-state index is -0.0668. The molecule has 1 heterocycles. The van der Waals surface area contributed by atoms with Crippen LogP contribution in [0.3, 0.4) is 0 Å². The van der Waals surface area contributed by atoms with E-state index in [9.17, 15) is 0 Å². The molecule has 6 aromatic carbocycles. The first-order chi connectivity index (χ1) is 17.6. The summed E-state index contributed by atoms with van der Waals surface area (Å²) in [6, 6.07) is 39.7. The second kappa shape index (κ2) is 6.86. The Labute approximate surface area is 210 Å². The smallest absolute Gasteiger partial charge is 0.135 e. The minimum absolute atomic E-state index is 0.0668. The van der Waals surface area contributed by atoms with Crippen LogP contribution in [0.25, 0.3) is 54.9 Å². The molecule has 8 rings (SSSR count). The van der Waals surface area contributed by atoms with Gasteiger partial charge in [0.2, 0.25) is 0 Å². The second-order valence-electron chi connectivity index (χ2n) is 10.5. The minimum Gasteiger partial charge on any atom is -0.456 e. The molecule has 0 unspecified atom stereocenters. The Balaban J connectivity index is 1.38. The van der Waals surface area contributed by atoms with E-state index < -0.39 is 0 Å². The molecule has 1 aliphatic carbocycles. The monoisotopic (exact) mass is 460 g/mol. The van der Waals surface area contributed by atoms with Crippen LogP contribution in [0.5, 0.6) is 11.5 Å². The lowest BCUT2D eigenvalue weighted by atomic mass is 9.80. The first kappa shape index (κ1) is 19.9. The quantitative estimate of drug-likeness (QED) is 0.237. The summed E-state index contributed by atoms with van der Waals surface area (Å²) < 4.78 is 6.44. The van der Waals surface area contributed by atoms with Gasteiger partial charge in [-0.1, -0.05) is 105 Å². The van der Waals surface area contributed by atoms with Crippen molar-refractivity contribution in [1.82, 2.24) is 0 Å². The normalized spacial score (nSPS) is 14.3. The summed E-state index contributed by atoms with van der Waals surface area (Å²) >= 11 is 0. The van der Waals surface area contributed by atoms with Gasteiger partial charge in [0.25, 0.3) is 0 Å². The topological polar surface area (TPSA) is 9.23 Å². The van der Waals surface area contributed by atoms with Crippen molar-refractivity contribution in [3.8, 4) is 44.9 Å². The summed E-state index contributed by atoms with van der Waals surface area (Å²) in [5.74, 6) is 1.86. The fraction of sp³-hybridized carbons (Fsp3) is 0.0857. The number of fused-ring (bicyclic) bond motifs is 7. The summed E-state index contributed by atoms with van der Waals surface area (Å²) in [5, 5.41) is 5.04. The van der Waals surface area contributed by atoms with E-state index in [0.29, 0.717) is 0 Å². The van der Waals surface area contributed by atoms with Crippen molar-refractivity contribution >= 4 is 21.5 Å². The first-order valence-corrected chi connectivity index (χ1v) is 12.6. The summed E-state index contributed by atoms with van der Waals surface area (Å²) in [5.41, 5.74) is 10.3. The van der Waals surface area contributed by atoms with Crippen LogP contribution >= 0.6 is 0 Å². The van der Waals surface area contributed by atoms with Crippen LogP contribution in [-0.4, -0.2) is 0 Å². The third-order valence-corrected chi connectivity index (χ3v) is 8.26. The number of hydrogen-bond acceptors (Lipinski definition) is 1. The maximum atomic E-state index is 6.44. The van der Waals surface area contributed by atoms with Crippen LogP contribution in [0.2, 0.25) is 0 Å². The molecule has 6 aromatic rings. The highest BCUT2D eigenvalue weighted by atomic mass is 16.5. The van der Waals surface area contributed by atoms with Crippen molar-refractivity contribution in [3.05, 3.63) is 120 Å². The van der Waals surface area contributed by atoms with E-state index in [1.54, 1.807) is 0 Å². The van der Waals surface area contributed by atoms with Crippen LogP contribution in [0.4, 0.5) is 0 Å². The molecule has 1 aliphatic heterocycles. The molecule has 36 heavy (non-hydrogen) atoms. The van der Waals surface area contributed by atoms with Crippen molar-refractivity contribution in [3.63, 3.8) is 0 Å². The molecule has 0 amide bonds. The Kier molecular flexibility index (Phi) is 3.79. The fourth-order valence-corrected chi connectivity index (χ4v) is 6.53. The fourth-order valence-electron chi connectivity index (χ4n) is 6.53. The zero-order chi connectivity index (χ0) is 24.0. The number of hydrogen-bond donors (Lipinski definition) is 0. The molecule has 0 spiro atoms.